The number of benzene rings is 1. The summed E-state index contributed by atoms with van der Waals surface area (Å²) in [6.07, 6.45) is 6.84. The molecule has 0 unspecified atom stereocenters. The van der Waals surface area contributed by atoms with Gasteiger partial charge < -0.3 is 4.74 Å². The van der Waals surface area contributed by atoms with Gasteiger partial charge in [0.05, 0.1) is 17.0 Å². The van der Waals surface area contributed by atoms with Gasteiger partial charge >= 0.3 is 0 Å². The van der Waals surface area contributed by atoms with Crippen LogP contribution in [0.2, 0.25) is 0 Å². The molecule has 0 bridgehead atoms. The first-order valence-corrected chi connectivity index (χ1v) is 8.64. The Hall–Kier alpha value is -2.93. The van der Waals surface area contributed by atoms with Gasteiger partial charge in [-0.05, 0) is 36.6 Å². The predicted molar refractivity (Wildman–Crippen MR) is 95.1 cm³/mol. The summed E-state index contributed by atoms with van der Waals surface area (Å²) in [4.78, 5) is 16.6. The highest BCUT2D eigenvalue weighted by Crippen LogP contribution is 2.42. The molecule has 1 aromatic carbocycles. The van der Waals surface area contributed by atoms with Crippen molar-refractivity contribution >= 4 is 16.9 Å². The number of nitrogens with zero attached hydrogens (tertiary/aromatic N) is 3. The molecule has 4 rings (SSSR count). The maximum absolute atomic E-state index is 12.3. The first-order chi connectivity index (χ1) is 12.6. The standard InChI is InChI=1S/C19H20N4O3/c1-23-17-15(12-21-23)16(8-11-20-17)26-14-6-4-13(5-7-14)19(18(24)22-25)9-2-3-10-19/h4-8,11-12,25H,2-3,9-10H2,1H3,(H,22,24). The minimum absolute atomic E-state index is 0.338. The Morgan fingerprint density at radius 1 is 1.23 bits per heavy atom. The van der Waals surface area contributed by atoms with Crippen LogP contribution in [0, 0.1) is 0 Å². The van der Waals surface area contributed by atoms with E-state index in [2.05, 4.69) is 10.1 Å². The number of hydrogen-bond acceptors (Lipinski definition) is 5. The maximum atomic E-state index is 12.3. The Bertz CT molecular complexity index is 943. The number of nitrogens with one attached hydrogen (secondary N) is 1. The Morgan fingerprint density at radius 2 is 1.96 bits per heavy atom. The molecule has 3 aromatic rings. The predicted octanol–water partition coefficient (Wildman–Crippen LogP) is 3.08. The third-order valence-electron chi connectivity index (χ3n) is 5.22. The summed E-state index contributed by atoms with van der Waals surface area (Å²) < 4.78 is 7.70. The van der Waals surface area contributed by atoms with Gasteiger partial charge in [-0.2, -0.15) is 5.10 Å². The van der Waals surface area contributed by atoms with E-state index in [0.29, 0.717) is 11.5 Å². The molecular weight excluding hydrogens is 332 g/mol. The van der Waals surface area contributed by atoms with Gasteiger partial charge in [0.25, 0.3) is 5.91 Å². The van der Waals surface area contributed by atoms with Crippen LogP contribution in [0.15, 0.2) is 42.7 Å². The van der Waals surface area contributed by atoms with E-state index in [1.165, 1.54) is 0 Å². The lowest BCUT2D eigenvalue weighted by Crippen LogP contribution is -2.41. The number of fused-ring (bicyclic) bond motifs is 1. The fourth-order valence-electron chi connectivity index (χ4n) is 3.81. The summed E-state index contributed by atoms with van der Waals surface area (Å²) in [5, 5.41) is 14.2. The summed E-state index contributed by atoms with van der Waals surface area (Å²) in [6, 6.07) is 9.30. The minimum Gasteiger partial charge on any atom is -0.456 e. The van der Waals surface area contributed by atoms with Crippen molar-refractivity contribution in [3.05, 3.63) is 48.3 Å². The Labute approximate surface area is 150 Å². The molecule has 0 spiro atoms. The lowest BCUT2D eigenvalue weighted by Gasteiger charge is -2.27. The van der Waals surface area contributed by atoms with Gasteiger partial charge in [0.15, 0.2) is 5.65 Å². The van der Waals surface area contributed by atoms with E-state index >= 15 is 0 Å². The zero-order chi connectivity index (χ0) is 18.1. The summed E-state index contributed by atoms with van der Waals surface area (Å²) in [6.45, 7) is 0. The largest absolute Gasteiger partial charge is 0.456 e. The average molecular weight is 352 g/mol. The van der Waals surface area contributed by atoms with E-state index in [1.54, 1.807) is 23.1 Å². The number of amides is 1. The molecule has 1 fully saturated rings. The first-order valence-electron chi connectivity index (χ1n) is 8.64. The molecule has 1 amide bonds. The number of pyridine rings is 1. The molecule has 0 atom stereocenters. The Kier molecular flexibility index (Phi) is 4.08. The molecule has 2 N–H and O–H groups in total. The zero-order valence-electron chi connectivity index (χ0n) is 14.5. The van der Waals surface area contributed by atoms with Crippen LogP contribution in [0.25, 0.3) is 11.0 Å². The Balaban J connectivity index is 1.62. The lowest BCUT2D eigenvalue weighted by molar-refractivity contribution is -0.135. The highest BCUT2D eigenvalue weighted by atomic mass is 16.5. The zero-order valence-corrected chi connectivity index (χ0v) is 14.5. The number of aryl methyl sites for hydroxylation is 1. The van der Waals surface area contributed by atoms with Crippen molar-refractivity contribution in [2.75, 3.05) is 0 Å². The van der Waals surface area contributed by atoms with Crippen molar-refractivity contribution in [1.82, 2.24) is 20.2 Å². The van der Waals surface area contributed by atoms with Gasteiger partial charge in [0.1, 0.15) is 11.5 Å². The molecule has 2 heterocycles. The normalized spacial score (nSPS) is 15.9. The van der Waals surface area contributed by atoms with Gasteiger partial charge in [-0.1, -0.05) is 25.0 Å². The van der Waals surface area contributed by atoms with Crippen molar-refractivity contribution in [2.24, 2.45) is 7.05 Å². The summed E-state index contributed by atoms with van der Waals surface area (Å²) in [5.74, 6) is 1.01. The molecule has 1 saturated carbocycles. The fourth-order valence-corrected chi connectivity index (χ4v) is 3.81. The molecule has 0 radical (unpaired) electrons. The molecule has 0 aliphatic heterocycles. The molecule has 1 aliphatic carbocycles. The van der Waals surface area contributed by atoms with E-state index in [9.17, 15) is 4.79 Å². The second-order valence-corrected chi connectivity index (χ2v) is 6.67. The number of hydrogen-bond donors (Lipinski definition) is 2. The second-order valence-electron chi connectivity index (χ2n) is 6.67. The molecule has 2 aromatic heterocycles. The van der Waals surface area contributed by atoms with Crippen molar-refractivity contribution in [3.8, 4) is 11.5 Å². The van der Waals surface area contributed by atoms with Crippen molar-refractivity contribution < 1.29 is 14.7 Å². The van der Waals surface area contributed by atoms with Crippen LogP contribution in [0.5, 0.6) is 11.5 Å². The quantitative estimate of drug-likeness (QED) is 0.556. The number of rotatable bonds is 4. The molecule has 134 valence electrons. The smallest absolute Gasteiger partial charge is 0.253 e. The molecule has 26 heavy (non-hydrogen) atoms. The summed E-state index contributed by atoms with van der Waals surface area (Å²) in [7, 11) is 1.83. The van der Waals surface area contributed by atoms with Gasteiger partial charge in [-0.15, -0.1) is 0 Å². The number of carbonyl (C=O) groups is 1. The van der Waals surface area contributed by atoms with Crippen LogP contribution < -0.4 is 10.2 Å². The van der Waals surface area contributed by atoms with E-state index in [4.69, 9.17) is 9.94 Å². The molecular formula is C19H20N4O3. The van der Waals surface area contributed by atoms with E-state index in [1.807, 2.05) is 36.8 Å². The molecule has 0 saturated heterocycles. The average Bonchev–Trinajstić information content (AvgIpc) is 3.31. The van der Waals surface area contributed by atoms with Gasteiger partial charge in [-0.3, -0.25) is 14.7 Å². The fraction of sp³-hybridized carbons (Fsp3) is 0.316. The highest BCUT2D eigenvalue weighted by Gasteiger charge is 2.42. The van der Waals surface area contributed by atoms with Crippen molar-refractivity contribution in [3.63, 3.8) is 0 Å². The summed E-state index contributed by atoms with van der Waals surface area (Å²) in [5.41, 5.74) is 2.84. The number of carbonyl (C=O) groups excluding carboxylic acids is 1. The third kappa shape index (κ3) is 2.61. The summed E-state index contributed by atoms with van der Waals surface area (Å²) >= 11 is 0. The number of hydroxylamine groups is 1. The van der Waals surface area contributed by atoms with E-state index < -0.39 is 5.41 Å². The van der Waals surface area contributed by atoms with Gasteiger partial charge in [0.2, 0.25) is 0 Å². The number of aromatic nitrogens is 3. The maximum Gasteiger partial charge on any atom is 0.253 e. The van der Waals surface area contributed by atoms with E-state index in [0.717, 1.165) is 42.3 Å². The van der Waals surface area contributed by atoms with Crippen molar-refractivity contribution in [1.29, 1.82) is 0 Å². The highest BCUT2D eigenvalue weighted by molar-refractivity contribution is 5.87. The van der Waals surface area contributed by atoms with E-state index in [-0.39, 0.29) is 5.91 Å². The topological polar surface area (TPSA) is 89.3 Å². The third-order valence-corrected chi connectivity index (χ3v) is 5.22. The molecule has 7 heteroatoms. The van der Waals surface area contributed by atoms with Crippen LogP contribution in [0.3, 0.4) is 0 Å². The first kappa shape index (κ1) is 16.5. The van der Waals surface area contributed by atoms with Crippen LogP contribution in [-0.4, -0.2) is 25.9 Å². The minimum atomic E-state index is -0.652. The molecule has 1 aliphatic rings. The van der Waals surface area contributed by atoms with Crippen LogP contribution in [-0.2, 0) is 17.3 Å². The van der Waals surface area contributed by atoms with Crippen LogP contribution >= 0.6 is 0 Å². The SMILES string of the molecule is Cn1ncc2c(Oc3ccc(C4(C(=O)NO)CCCC4)cc3)ccnc21. The Morgan fingerprint density at radius 3 is 2.65 bits per heavy atom. The lowest BCUT2D eigenvalue weighted by atomic mass is 9.78. The van der Waals surface area contributed by atoms with Crippen LogP contribution in [0.1, 0.15) is 31.2 Å². The van der Waals surface area contributed by atoms with Gasteiger partial charge in [0, 0.05) is 13.2 Å². The van der Waals surface area contributed by atoms with Crippen LogP contribution in [0.4, 0.5) is 0 Å². The molecule has 7 nitrogen and oxygen atoms in total. The van der Waals surface area contributed by atoms with Gasteiger partial charge in [-0.25, -0.2) is 10.5 Å². The second kappa shape index (κ2) is 6.42. The van der Waals surface area contributed by atoms with Crippen molar-refractivity contribution in [2.45, 2.75) is 31.1 Å². The monoisotopic (exact) mass is 352 g/mol. The number of ether oxygens (including phenoxy) is 1.